The lowest BCUT2D eigenvalue weighted by Gasteiger charge is -2.15. The SMILES string of the molecule is CCOc1cc(Cl)ccc1NC(=O)[C@@H](O)c1ccccc1. The van der Waals surface area contributed by atoms with Gasteiger partial charge in [0.05, 0.1) is 12.3 Å². The van der Waals surface area contributed by atoms with Crippen LogP contribution in [-0.2, 0) is 4.79 Å². The first-order valence-corrected chi connectivity index (χ1v) is 6.96. The highest BCUT2D eigenvalue weighted by Crippen LogP contribution is 2.29. The van der Waals surface area contributed by atoms with Crippen LogP contribution >= 0.6 is 11.6 Å². The summed E-state index contributed by atoms with van der Waals surface area (Å²) in [5.41, 5.74) is 1.00. The van der Waals surface area contributed by atoms with Crippen molar-refractivity contribution < 1.29 is 14.6 Å². The van der Waals surface area contributed by atoms with E-state index in [1.54, 1.807) is 42.5 Å². The van der Waals surface area contributed by atoms with E-state index in [0.29, 0.717) is 28.6 Å². The Morgan fingerprint density at radius 1 is 1.29 bits per heavy atom. The van der Waals surface area contributed by atoms with E-state index < -0.39 is 12.0 Å². The molecular formula is C16H16ClNO3. The van der Waals surface area contributed by atoms with E-state index in [1.165, 1.54) is 0 Å². The monoisotopic (exact) mass is 305 g/mol. The maximum Gasteiger partial charge on any atom is 0.257 e. The molecule has 0 aliphatic carbocycles. The molecule has 4 nitrogen and oxygen atoms in total. The van der Waals surface area contributed by atoms with Crippen molar-refractivity contribution in [3.05, 3.63) is 59.1 Å². The summed E-state index contributed by atoms with van der Waals surface area (Å²) >= 11 is 5.91. The van der Waals surface area contributed by atoms with Crippen molar-refractivity contribution in [2.24, 2.45) is 0 Å². The van der Waals surface area contributed by atoms with Crippen molar-refractivity contribution in [1.82, 2.24) is 0 Å². The van der Waals surface area contributed by atoms with E-state index in [9.17, 15) is 9.90 Å². The second-order valence-electron chi connectivity index (χ2n) is 4.38. The van der Waals surface area contributed by atoms with Crippen LogP contribution in [0.5, 0.6) is 5.75 Å². The molecule has 2 N–H and O–H groups in total. The van der Waals surface area contributed by atoms with Gasteiger partial charge in [-0.3, -0.25) is 4.79 Å². The molecule has 21 heavy (non-hydrogen) atoms. The quantitative estimate of drug-likeness (QED) is 0.890. The molecular weight excluding hydrogens is 290 g/mol. The Morgan fingerprint density at radius 3 is 2.67 bits per heavy atom. The summed E-state index contributed by atoms with van der Waals surface area (Å²) in [4.78, 5) is 12.1. The number of ether oxygens (including phenoxy) is 1. The van der Waals surface area contributed by atoms with Gasteiger partial charge in [-0.15, -0.1) is 0 Å². The lowest BCUT2D eigenvalue weighted by Crippen LogP contribution is -2.21. The summed E-state index contributed by atoms with van der Waals surface area (Å²) in [6, 6.07) is 13.6. The first-order valence-electron chi connectivity index (χ1n) is 6.58. The first kappa shape index (κ1) is 15.4. The highest BCUT2D eigenvalue weighted by Gasteiger charge is 2.18. The minimum atomic E-state index is -1.24. The number of carbonyl (C=O) groups is 1. The molecule has 0 radical (unpaired) electrons. The molecule has 0 saturated carbocycles. The van der Waals surface area contributed by atoms with Gasteiger partial charge in [0.15, 0.2) is 6.10 Å². The number of aliphatic hydroxyl groups is 1. The van der Waals surface area contributed by atoms with Gasteiger partial charge in [0, 0.05) is 11.1 Å². The number of nitrogens with one attached hydrogen (secondary N) is 1. The van der Waals surface area contributed by atoms with Gasteiger partial charge in [-0.2, -0.15) is 0 Å². The Labute approximate surface area is 128 Å². The van der Waals surface area contributed by atoms with E-state index in [-0.39, 0.29) is 0 Å². The number of benzene rings is 2. The third-order valence-corrected chi connectivity index (χ3v) is 3.10. The molecule has 0 bridgehead atoms. The van der Waals surface area contributed by atoms with E-state index in [0.717, 1.165) is 0 Å². The molecule has 0 fully saturated rings. The van der Waals surface area contributed by atoms with E-state index in [2.05, 4.69) is 5.32 Å². The molecule has 2 aromatic rings. The molecule has 0 aromatic heterocycles. The third kappa shape index (κ3) is 3.97. The molecule has 2 rings (SSSR count). The summed E-state index contributed by atoms with van der Waals surface area (Å²) < 4.78 is 5.42. The van der Waals surface area contributed by atoms with E-state index >= 15 is 0 Å². The predicted octanol–water partition coefficient (Wildman–Crippen LogP) is 3.41. The molecule has 0 saturated heterocycles. The Morgan fingerprint density at radius 2 is 2.00 bits per heavy atom. The van der Waals surface area contributed by atoms with Crippen molar-refractivity contribution in [2.75, 3.05) is 11.9 Å². The molecule has 2 aromatic carbocycles. The van der Waals surface area contributed by atoms with Crippen molar-refractivity contribution in [3.8, 4) is 5.75 Å². The molecule has 5 heteroatoms. The van der Waals surface area contributed by atoms with Gasteiger partial charge in [-0.25, -0.2) is 0 Å². The topological polar surface area (TPSA) is 58.6 Å². The average molecular weight is 306 g/mol. The normalized spacial score (nSPS) is 11.8. The van der Waals surface area contributed by atoms with Crippen molar-refractivity contribution in [1.29, 1.82) is 0 Å². The Hall–Kier alpha value is -2.04. The third-order valence-electron chi connectivity index (χ3n) is 2.87. The zero-order valence-electron chi connectivity index (χ0n) is 11.5. The Balaban J connectivity index is 2.16. The molecule has 0 heterocycles. The number of hydrogen-bond acceptors (Lipinski definition) is 3. The van der Waals surface area contributed by atoms with Crippen LogP contribution in [0.2, 0.25) is 5.02 Å². The maximum atomic E-state index is 12.1. The second kappa shape index (κ2) is 7.11. The molecule has 0 unspecified atom stereocenters. The van der Waals surface area contributed by atoms with Crippen LogP contribution in [0.25, 0.3) is 0 Å². The van der Waals surface area contributed by atoms with Gasteiger partial charge in [-0.05, 0) is 24.6 Å². The van der Waals surface area contributed by atoms with Crippen LogP contribution in [0.1, 0.15) is 18.6 Å². The summed E-state index contributed by atoms with van der Waals surface area (Å²) in [5.74, 6) is -0.0527. The number of aliphatic hydroxyl groups excluding tert-OH is 1. The van der Waals surface area contributed by atoms with Gasteiger partial charge in [0.2, 0.25) is 0 Å². The van der Waals surface area contributed by atoms with Crippen LogP contribution < -0.4 is 10.1 Å². The van der Waals surface area contributed by atoms with Gasteiger partial charge < -0.3 is 15.2 Å². The van der Waals surface area contributed by atoms with Crippen LogP contribution in [0.4, 0.5) is 5.69 Å². The van der Waals surface area contributed by atoms with Crippen LogP contribution in [0, 0.1) is 0 Å². The van der Waals surface area contributed by atoms with Crippen LogP contribution in [0.15, 0.2) is 48.5 Å². The fourth-order valence-corrected chi connectivity index (χ4v) is 2.02. The fourth-order valence-electron chi connectivity index (χ4n) is 1.86. The van der Waals surface area contributed by atoms with Gasteiger partial charge in [-0.1, -0.05) is 41.9 Å². The number of rotatable bonds is 5. The van der Waals surface area contributed by atoms with Crippen LogP contribution in [0.3, 0.4) is 0 Å². The zero-order chi connectivity index (χ0) is 15.2. The molecule has 110 valence electrons. The largest absolute Gasteiger partial charge is 0.492 e. The number of halogens is 1. The zero-order valence-corrected chi connectivity index (χ0v) is 12.3. The molecule has 1 atom stereocenters. The van der Waals surface area contributed by atoms with E-state index in [1.807, 2.05) is 13.0 Å². The highest BCUT2D eigenvalue weighted by molar-refractivity contribution is 6.30. The number of hydrogen-bond donors (Lipinski definition) is 2. The maximum absolute atomic E-state index is 12.1. The smallest absolute Gasteiger partial charge is 0.257 e. The molecule has 1 amide bonds. The number of carbonyl (C=O) groups excluding carboxylic acids is 1. The molecule has 0 aliphatic heterocycles. The standard InChI is InChI=1S/C16H16ClNO3/c1-2-21-14-10-12(17)8-9-13(14)18-16(20)15(19)11-6-4-3-5-7-11/h3-10,15,19H,2H2,1H3,(H,18,20)/t15-/m0/s1. The minimum absolute atomic E-state index is 0.449. The van der Waals surface area contributed by atoms with Crippen molar-refractivity contribution >= 4 is 23.2 Å². The van der Waals surface area contributed by atoms with E-state index in [4.69, 9.17) is 16.3 Å². The predicted molar refractivity (Wildman–Crippen MR) is 82.7 cm³/mol. The summed E-state index contributed by atoms with van der Waals surface area (Å²) in [7, 11) is 0. The Kier molecular flexibility index (Phi) is 5.20. The Bertz CT molecular complexity index is 616. The molecule has 0 spiro atoms. The number of amides is 1. The van der Waals surface area contributed by atoms with Gasteiger partial charge in [0.25, 0.3) is 5.91 Å². The average Bonchev–Trinajstić information content (AvgIpc) is 2.50. The summed E-state index contributed by atoms with van der Waals surface area (Å²) in [6.07, 6.45) is -1.24. The number of anilines is 1. The summed E-state index contributed by atoms with van der Waals surface area (Å²) in [5, 5.41) is 13.2. The lowest BCUT2D eigenvalue weighted by molar-refractivity contribution is -0.124. The van der Waals surface area contributed by atoms with Gasteiger partial charge >= 0.3 is 0 Å². The first-order chi connectivity index (χ1) is 10.1. The highest BCUT2D eigenvalue weighted by atomic mass is 35.5. The van der Waals surface area contributed by atoms with Crippen molar-refractivity contribution in [3.63, 3.8) is 0 Å². The van der Waals surface area contributed by atoms with Crippen LogP contribution in [-0.4, -0.2) is 17.6 Å². The lowest BCUT2D eigenvalue weighted by atomic mass is 10.1. The fraction of sp³-hybridized carbons (Fsp3) is 0.188. The van der Waals surface area contributed by atoms with Gasteiger partial charge in [0.1, 0.15) is 5.75 Å². The second-order valence-corrected chi connectivity index (χ2v) is 4.81. The molecule has 0 aliphatic rings. The summed E-state index contributed by atoms with van der Waals surface area (Å²) in [6.45, 7) is 2.29. The van der Waals surface area contributed by atoms with Crippen molar-refractivity contribution in [2.45, 2.75) is 13.0 Å². The minimum Gasteiger partial charge on any atom is -0.492 e.